The van der Waals surface area contributed by atoms with Gasteiger partial charge < -0.3 is 43.6 Å². The van der Waals surface area contributed by atoms with Crippen molar-refractivity contribution in [2.75, 3.05) is 85.8 Å². The maximum absolute atomic E-state index is 14.0. The molecule has 0 saturated heterocycles. The quantitative estimate of drug-likeness (QED) is 0.0164. The van der Waals surface area contributed by atoms with Crippen molar-refractivity contribution in [2.24, 2.45) is 5.11 Å². The van der Waals surface area contributed by atoms with Gasteiger partial charge in [-0.15, -0.1) is 0 Å². The lowest BCUT2D eigenvalue weighted by atomic mass is 9.77. The van der Waals surface area contributed by atoms with Crippen molar-refractivity contribution in [1.82, 2.24) is 20.2 Å². The van der Waals surface area contributed by atoms with E-state index in [1.807, 2.05) is 85.1 Å². The van der Waals surface area contributed by atoms with Crippen LogP contribution in [0.2, 0.25) is 0 Å². The molecule has 5 aromatic carbocycles. The number of benzene rings is 5. The number of nitrogens with one attached hydrogen (secondary N) is 2. The second-order valence-corrected chi connectivity index (χ2v) is 15.6. The molecule has 2 N–H and O–H groups in total. The average Bonchev–Trinajstić information content (AvgIpc) is 3.97. The molecule has 0 unspecified atom stereocenters. The lowest BCUT2D eigenvalue weighted by Crippen LogP contribution is -2.49. The van der Waals surface area contributed by atoms with Crippen LogP contribution >= 0.6 is 0 Å². The molecule has 0 bridgehead atoms. The molecule has 6 aromatic rings. The number of rotatable bonds is 28. The summed E-state index contributed by atoms with van der Waals surface area (Å²) in [5, 5.41) is 9.20. The van der Waals surface area contributed by atoms with Crippen LogP contribution in [0, 0.1) is 0 Å². The molecule has 15 nitrogen and oxygen atoms in total. The zero-order chi connectivity index (χ0) is 46.4. The Bertz CT molecular complexity index is 2340. The van der Waals surface area contributed by atoms with E-state index in [4.69, 9.17) is 38.9 Å². The van der Waals surface area contributed by atoms with Crippen LogP contribution in [-0.2, 0) is 45.2 Å². The van der Waals surface area contributed by atoms with E-state index in [1.165, 1.54) is 0 Å². The van der Waals surface area contributed by atoms with Crippen LogP contribution in [0.25, 0.3) is 21.6 Å². The number of alkyl carbamates (subject to hydrolysis) is 1. The zero-order valence-corrected chi connectivity index (χ0v) is 37.5. The van der Waals surface area contributed by atoms with Crippen LogP contribution in [0.1, 0.15) is 39.4 Å². The van der Waals surface area contributed by atoms with Crippen LogP contribution in [0.5, 0.6) is 0 Å². The van der Waals surface area contributed by atoms with Crippen molar-refractivity contribution in [2.45, 2.75) is 23.9 Å². The Balaban J connectivity index is 0.959. The highest BCUT2D eigenvalue weighted by Crippen LogP contribution is 2.45. The van der Waals surface area contributed by atoms with Crippen molar-refractivity contribution >= 4 is 12.0 Å². The number of azide groups is 1. The Morgan fingerprint density at radius 3 is 1.61 bits per heavy atom. The Labute approximate surface area is 391 Å². The molecule has 67 heavy (non-hydrogen) atoms. The van der Waals surface area contributed by atoms with Crippen molar-refractivity contribution in [3.8, 4) is 11.1 Å². The second kappa shape index (κ2) is 25.7. The summed E-state index contributed by atoms with van der Waals surface area (Å²) in [6.45, 7) is 4.37. The first-order valence-electron chi connectivity index (χ1n) is 22.6. The van der Waals surface area contributed by atoms with E-state index in [-0.39, 0.29) is 32.1 Å². The van der Waals surface area contributed by atoms with Crippen molar-refractivity contribution in [3.05, 3.63) is 196 Å². The van der Waals surface area contributed by atoms with E-state index in [2.05, 4.69) is 85.9 Å². The number of ether oxygens (including phenoxy) is 6. The molecule has 0 fully saturated rings. The predicted molar refractivity (Wildman–Crippen MR) is 254 cm³/mol. The van der Waals surface area contributed by atoms with Crippen LogP contribution in [-0.4, -0.2) is 113 Å². The van der Waals surface area contributed by atoms with Gasteiger partial charge in [-0.2, -0.15) is 0 Å². The fourth-order valence-electron chi connectivity index (χ4n) is 8.34. The van der Waals surface area contributed by atoms with E-state index in [0.717, 1.165) is 38.9 Å². The summed E-state index contributed by atoms with van der Waals surface area (Å²) in [6.07, 6.45) is 3.13. The summed E-state index contributed by atoms with van der Waals surface area (Å²) in [7, 11) is 0. The minimum atomic E-state index is -1.02. The van der Waals surface area contributed by atoms with Crippen molar-refractivity contribution in [3.63, 3.8) is 0 Å². The number of fused-ring (bicyclic) bond motifs is 3. The molecule has 0 spiro atoms. The molecule has 348 valence electrons. The maximum Gasteiger partial charge on any atom is 0.407 e. The topological polar surface area (TPSA) is 180 Å². The van der Waals surface area contributed by atoms with Gasteiger partial charge >= 0.3 is 6.09 Å². The molecule has 1 atom stereocenters. The van der Waals surface area contributed by atoms with Crippen molar-refractivity contribution in [1.29, 1.82) is 0 Å². The van der Waals surface area contributed by atoms with Gasteiger partial charge in [0.25, 0.3) is 0 Å². The lowest BCUT2D eigenvalue weighted by Gasteiger charge is -2.37. The highest BCUT2D eigenvalue weighted by Gasteiger charge is 2.39. The first kappa shape index (κ1) is 48.1. The summed E-state index contributed by atoms with van der Waals surface area (Å²) in [4.78, 5) is 35.2. The van der Waals surface area contributed by atoms with Crippen molar-refractivity contribution < 1.29 is 38.0 Å². The summed E-state index contributed by atoms with van der Waals surface area (Å²) in [5.41, 5.74) is 15.6. The highest BCUT2D eigenvalue weighted by atomic mass is 16.6. The molecule has 1 aliphatic rings. The van der Waals surface area contributed by atoms with Gasteiger partial charge in [0.05, 0.1) is 78.1 Å². The monoisotopic (exact) mass is 907 g/mol. The summed E-state index contributed by atoms with van der Waals surface area (Å²) in [6, 6.07) is 46.1. The van der Waals surface area contributed by atoms with E-state index in [1.54, 1.807) is 6.33 Å². The summed E-state index contributed by atoms with van der Waals surface area (Å²) >= 11 is 0. The van der Waals surface area contributed by atoms with Gasteiger partial charge in [-0.25, -0.2) is 9.78 Å². The number of carbonyl (C=O) groups excluding carboxylic acids is 2. The van der Waals surface area contributed by atoms with Crippen LogP contribution in [0.15, 0.2) is 157 Å². The molecule has 2 amide bonds. The molecule has 1 aromatic heterocycles. The van der Waals surface area contributed by atoms with Gasteiger partial charge in [0.2, 0.25) is 5.91 Å². The Kier molecular flexibility index (Phi) is 18.5. The first-order chi connectivity index (χ1) is 33.1. The molecule has 15 heteroatoms. The van der Waals surface area contributed by atoms with E-state index >= 15 is 0 Å². The number of nitrogens with zero attached hydrogens (tertiary/aromatic N) is 5. The Morgan fingerprint density at radius 1 is 0.642 bits per heavy atom. The predicted octanol–water partition coefficient (Wildman–Crippen LogP) is 7.68. The number of imidazole rings is 1. The lowest BCUT2D eigenvalue weighted by molar-refractivity contribution is -0.123. The largest absolute Gasteiger partial charge is 0.449 e. The zero-order valence-electron chi connectivity index (χ0n) is 37.5. The molecule has 0 saturated carbocycles. The molecule has 7 rings (SSSR count). The van der Waals surface area contributed by atoms with E-state index in [9.17, 15) is 9.59 Å². The minimum Gasteiger partial charge on any atom is -0.449 e. The Hall–Kier alpha value is -6.84. The Morgan fingerprint density at radius 2 is 1.10 bits per heavy atom. The van der Waals surface area contributed by atoms with E-state index < -0.39 is 23.6 Å². The second-order valence-electron chi connectivity index (χ2n) is 15.6. The average molecular weight is 908 g/mol. The van der Waals surface area contributed by atoms with Gasteiger partial charge in [0.15, 0.2) is 0 Å². The highest BCUT2D eigenvalue weighted by molar-refractivity contribution is 5.86. The van der Waals surface area contributed by atoms with Crippen LogP contribution in [0.3, 0.4) is 0 Å². The smallest absolute Gasteiger partial charge is 0.407 e. The number of carbonyl (C=O) groups is 2. The molecular formula is C52H57N7O8. The number of amides is 2. The number of hydrogen-bond acceptors (Lipinski definition) is 10. The van der Waals surface area contributed by atoms with Crippen LogP contribution in [0.4, 0.5) is 4.79 Å². The SMILES string of the molecule is [N-]=[N+]=NCCOCCOCCOCCOCCOCCNC(=O)[C@H](Cc1cn(C(c2ccccc2)(c2ccccc2)c2ccccc2)cn1)NC(=O)OCC1c2ccccc2-c2ccccc21. The molecule has 0 radical (unpaired) electrons. The van der Waals surface area contributed by atoms with Gasteiger partial charge in [-0.05, 0) is 44.5 Å². The van der Waals surface area contributed by atoms with Gasteiger partial charge in [0, 0.05) is 36.5 Å². The molecular weight excluding hydrogens is 851 g/mol. The van der Waals surface area contributed by atoms with Gasteiger partial charge in [0.1, 0.15) is 18.2 Å². The fourth-order valence-corrected chi connectivity index (χ4v) is 8.34. The molecule has 0 aliphatic heterocycles. The third-order valence-corrected chi connectivity index (χ3v) is 11.4. The normalized spacial score (nSPS) is 12.4. The van der Waals surface area contributed by atoms with E-state index in [0.29, 0.717) is 71.7 Å². The summed E-state index contributed by atoms with van der Waals surface area (Å²) in [5.74, 6) is -0.542. The third kappa shape index (κ3) is 13.0. The summed E-state index contributed by atoms with van der Waals surface area (Å²) < 4.78 is 35.6. The standard InChI is InChI=1S/C52H57N7O8/c53-58-56-25-27-63-29-31-65-33-35-66-34-32-64-30-28-62-26-24-54-50(60)49(57-51(61)67-38-48-46-22-12-10-20-44(46)45-21-11-13-23-47(45)48)36-43-37-59(39-55-43)52(40-14-4-1-5-15-40,41-16-6-2-7-17-41)42-18-8-3-9-19-42/h1-23,37,39,48-49H,24-36,38H2,(H,54,60)(H,57,61)/t49-/m0/s1. The van der Waals surface area contributed by atoms with Gasteiger partial charge in [-0.1, -0.05) is 145 Å². The fraction of sp³-hybridized carbons (Fsp3) is 0.327. The minimum absolute atomic E-state index is 0.0922. The third-order valence-electron chi connectivity index (χ3n) is 11.4. The first-order valence-corrected chi connectivity index (χ1v) is 22.6. The molecule has 1 heterocycles. The van der Waals surface area contributed by atoms with Gasteiger partial charge in [-0.3, -0.25) is 4.79 Å². The number of hydrogen-bond donors (Lipinski definition) is 2. The molecule has 1 aliphatic carbocycles. The number of aromatic nitrogens is 2. The maximum atomic E-state index is 14.0. The van der Waals surface area contributed by atoms with Crippen LogP contribution < -0.4 is 10.6 Å².